The molecule has 0 fully saturated rings. The lowest BCUT2D eigenvalue weighted by molar-refractivity contribution is 0.215. The summed E-state index contributed by atoms with van der Waals surface area (Å²) in [5.74, 6) is -1.03. The van der Waals surface area contributed by atoms with Crippen LogP contribution in [-0.2, 0) is 10.8 Å². The zero-order valence-electron chi connectivity index (χ0n) is 14.1. The van der Waals surface area contributed by atoms with Crippen molar-refractivity contribution in [2.24, 2.45) is 5.41 Å². The molecule has 0 aliphatic heterocycles. The normalized spacial score (nSPS) is 15.6. The van der Waals surface area contributed by atoms with E-state index in [1.54, 1.807) is 13.2 Å². The molecule has 0 unspecified atom stereocenters. The first-order valence-electron chi connectivity index (χ1n) is 7.32. The second kappa shape index (κ2) is 7.86. The summed E-state index contributed by atoms with van der Waals surface area (Å²) < 4.78 is 38.3. The van der Waals surface area contributed by atoms with E-state index in [-0.39, 0.29) is 11.6 Å². The van der Waals surface area contributed by atoms with Gasteiger partial charge in [-0.15, -0.1) is 0 Å². The van der Waals surface area contributed by atoms with E-state index in [4.69, 9.17) is 0 Å². The Labute approximate surface area is 138 Å². The Morgan fingerprint density at radius 3 is 2.35 bits per heavy atom. The molecule has 0 saturated carbocycles. The first-order chi connectivity index (χ1) is 10.5. The Morgan fingerprint density at radius 1 is 1.26 bits per heavy atom. The SMILES string of the molecule is C[C@H](C[S@](C)=O)NC(=O)N[C@H](c1ccc(F)cc1F)C(C)(C)C. The zero-order valence-corrected chi connectivity index (χ0v) is 14.9. The maximum Gasteiger partial charge on any atom is 0.315 e. The van der Waals surface area contributed by atoms with Gasteiger partial charge in [-0.25, -0.2) is 13.6 Å². The molecule has 130 valence electrons. The van der Waals surface area contributed by atoms with E-state index < -0.39 is 39.9 Å². The van der Waals surface area contributed by atoms with E-state index in [9.17, 15) is 17.8 Å². The first-order valence-corrected chi connectivity index (χ1v) is 9.05. The summed E-state index contributed by atoms with van der Waals surface area (Å²) in [6, 6.07) is 1.91. The molecule has 7 heteroatoms. The van der Waals surface area contributed by atoms with Gasteiger partial charge in [0.2, 0.25) is 0 Å². The highest BCUT2D eigenvalue weighted by atomic mass is 32.2. The van der Waals surface area contributed by atoms with Crippen molar-refractivity contribution in [1.82, 2.24) is 10.6 Å². The molecule has 0 heterocycles. The molecule has 3 atom stereocenters. The Bertz CT molecular complexity index is 588. The number of carbonyl (C=O) groups excluding carboxylic acids is 1. The highest BCUT2D eigenvalue weighted by Crippen LogP contribution is 2.34. The van der Waals surface area contributed by atoms with Crippen LogP contribution in [0.3, 0.4) is 0 Å². The monoisotopic (exact) mass is 346 g/mol. The van der Waals surface area contributed by atoms with Gasteiger partial charge in [-0.3, -0.25) is 4.21 Å². The van der Waals surface area contributed by atoms with Gasteiger partial charge in [0.15, 0.2) is 0 Å². The quantitative estimate of drug-likeness (QED) is 0.861. The fourth-order valence-electron chi connectivity index (χ4n) is 2.29. The van der Waals surface area contributed by atoms with Gasteiger partial charge in [0.1, 0.15) is 11.6 Å². The van der Waals surface area contributed by atoms with Crippen LogP contribution in [0, 0.1) is 17.0 Å². The van der Waals surface area contributed by atoms with Crippen molar-refractivity contribution in [1.29, 1.82) is 0 Å². The van der Waals surface area contributed by atoms with Crippen LogP contribution >= 0.6 is 0 Å². The first kappa shape index (κ1) is 19.5. The van der Waals surface area contributed by atoms with Crippen molar-refractivity contribution >= 4 is 16.8 Å². The number of halogens is 2. The molecular weight excluding hydrogens is 322 g/mol. The Hall–Kier alpha value is -1.50. The predicted octanol–water partition coefficient (Wildman–Crippen LogP) is 3.12. The lowest BCUT2D eigenvalue weighted by atomic mass is 9.82. The van der Waals surface area contributed by atoms with Crippen LogP contribution in [0.4, 0.5) is 13.6 Å². The molecule has 0 bridgehead atoms. The zero-order chi connectivity index (χ0) is 17.8. The summed E-state index contributed by atoms with van der Waals surface area (Å²) in [6.45, 7) is 7.30. The van der Waals surface area contributed by atoms with Crippen LogP contribution in [0.1, 0.15) is 39.3 Å². The number of nitrogens with one attached hydrogen (secondary N) is 2. The fraction of sp³-hybridized carbons (Fsp3) is 0.562. The molecule has 1 aromatic rings. The van der Waals surface area contributed by atoms with Gasteiger partial charge in [0.25, 0.3) is 0 Å². The van der Waals surface area contributed by atoms with Crippen molar-refractivity contribution < 1.29 is 17.8 Å². The topological polar surface area (TPSA) is 58.2 Å². The highest BCUT2D eigenvalue weighted by molar-refractivity contribution is 7.84. The Morgan fingerprint density at radius 2 is 1.87 bits per heavy atom. The van der Waals surface area contributed by atoms with Crippen LogP contribution in [0.2, 0.25) is 0 Å². The molecule has 2 N–H and O–H groups in total. The summed E-state index contributed by atoms with van der Waals surface area (Å²) >= 11 is 0. The summed E-state index contributed by atoms with van der Waals surface area (Å²) in [4.78, 5) is 12.1. The van der Waals surface area contributed by atoms with Crippen molar-refractivity contribution in [3.8, 4) is 0 Å². The third-order valence-electron chi connectivity index (χ3n) is 3.28. The maximum atomic E-state index is 14.1. The Balaban J connectivity index is 2.92. The summed E-state index contributed by atoms with van der Waals surface area (Å²) in [7, 11) is -1.03. The maximum absolute atomic E-state index is 14.1. The fourth-order valence-corrected chi connectivity index (χ4v) is 3.07. The number of hydrogen-bond acceptors (Lipinski definition) is 2. The molecule has 4 nitrogen and oxygen atoms in total. The third kappa shape index (κ3) is 6.25. The molecule has 2 amide bonds. The lowest BCUT2D eigenvalue weighted by Crippen LogP contribution is -2.47. The average molecular weight is 346 g/mol. The number of carbonyl (C=O) groups is 1. The van der Waals surface area contributed by atoms with Crippen LogP contribution in [0.5, 0.6) is 0 Å². The second-order valence-electron chi connectivity index (χ2n) is 6.72. The van der Waals surface area contributed by atoms with Gasteiger partial charge in [-0.1, -0.05) is 26.8 Å². The average Bonchev–Trinajstić information content (AvgIpc) is 2.34. The van der Waals surface area contributed by atoms with Crippen molar-refractivity contribution in [3.05, 3.63) is 35.4 Å². The molecule has 0 aliphatic rings. The van der Waals surface area contributed by atoms with Crippen LogP contribution in [0.25, 0.3) is 0 Å². The minimum Gasteiger partial charge on any atom is -0.335 e. The van der Waals surface area contributed by atoms with Gasteiger partial charge < -0.3 is 10.6 Å². The van der Waals surface area contributed by atoms with E-state index >= 15 is 0 Å². The van der Waals surface area contributed by atoms with E-state index in [0.717, 1.165) is 6.07 Å². The van der Waals surface area contributed by atoms with E-state index in [2.05, 4.69) is 10.6 Å². The molecule has 0 aromatic heterocycles. The minimum absolute atomic E-state index is 0.223. The van der Waals surface area contributed by atoms with Gasteiger partial charge in [0.05, 0.1) is 6.04 Å². The standard InChI is InChI=1S/C16H24F2N2O2S/c1-10(9-23(5)22)19-15(21)20-14(16(2,3)4)12-7-6-11(17)8-13(12)18/h6-8,10,14H,9H2,1-5H3,(H2,19,20,21)/t10-,14-,23+/m1/s1. The molecule has 1 aromatic carbocycles. The predicted molar refractivity (Wildman–Crippen MR) is 88.6 cm³/mol. The number of hydrogen-bond donors (Lipinski definition) is 2. The molecule has 1 rings (SSSR count). The summed E-state index contributed by atoms with van der Waals surface area (Å²) in [5, 5.41) is 5.40. The van der Waals surface area contributed by atoms with Crippen LogP contribution < -0.4 is 10.6 Å². The number of urea groups is 1. The number of benzene rings is 1. The highest BCUT2D eigenvalue weighted by Gasteiger charge is 2.30. The molecule has 0 aliphatic carbocycles. The van der Waals surface area contributed by atoms with Crippen LogP contribution in [0.15, 0.2) is 18.2 Å². The van der Waals surface area contributed by atoms with E-state index in [1.807, 2.05) is 20.8 Å². The molecule has 23 heavy (non-hydrogen) atoms. The summed E-state index contributed by atoms with van der Waals surface area (Å²) in [5.41, 5.74) is -0.256. The van der Waals surface area contributed by atoms with Crippen LogP contribution in [-0.4, -0.2) is 28.3 Å². The van der Waals surface area contributed by atoms with Crippen molar-refractivity contribution in [2.45, 2.75) is 39.8 Å². The van der Waals surface area contributed by atoms with Crippen molar-refractivity contribution in [3.63, 3.8) is 0 Å². The van der Waals surface area contributed by atoms with Gasteiger partial charge in [0, 0.05) is 40.5 Å². The third-order valence-corrected chi connectivity index (χ3v) is 4.25. The van der Waals surface area contributed by atoms with Gasteiger partial charge in [-0.2, -0.15) is 0 Å². The van der Waals surface area contributed by atoms with E-state index in [1.165, 1.54) is 12.1 Å². The van der Waals surface area contributed by atoms with E-state index in [0.29, 0.717) is 5.75 Å². The summed E-state index contributed by atoms with van der Waals surface area (Å²) in [6.07, 6.45) is 1.56. The number of rotatable bonds is 5. The van der Waals surface area contributed by atoms with Crippen molar-refractivity contribution in [2.75, 3.05) is 12.0 Å². The Kier molecular flexibility index (Phi) is 6.68. The molecule has 0 radical (unpaired) electrons. The molecule has 0 spiro atoms. The largest absolute Gasteiger partial charge is 0.335 e. The van der Waals surface area contributed by atoms with Gasteiger partial charge in [-0.05, 0) is 18.4 Å². The molecule has 0 saturated heterocycles. The molecular formula is C16H24F2N2O2S. The second-order valence-corrected chi connectivity index (χ2v) is 8.20. The number of amides is 2. The lowest BCUT2D eigenvalue weighted by Gasteiger charge is -2.32. The smallest absolute Gasteiger partial charge is 0.315 e. The van der Waals surface area contributed by atoms with Gasteiger partial charge >= 0.3 is 6.03 Å². The minimum atomic E-state index is -1.03.